The number of hydrogen-bond acceptors (Lipinski definition) is 4. The first-order chi connectivity index (χ1) is 24.8. The van der Waals surface area contributed by atoms with Gasteiger partial charge in [0.25, 0.3) is 0 Å². The third-order valence-corrected chi connectivity index (χ3v) is 9.79. The zero-order valence-electron chi connectivity index (χ0n) is 27.1. The maximum absolute atomic E-state index is 6.61. The molecule has 2 aliphatic carbocycles. The molecule has 5 heteroatoms. The minimum atomic E-state index is 0.460. The number of aromatic nitrogens is 4. The lowest BCUT2D eigenvalue weighted by atomic mass is 9.84. The van der Waals surface area contributed by atoms with Crippen LogP contribution < -0.4 is 0 Å². The molecule has 3 heterocycles. The molecule has 0 N–H and O–H groups in total. The van der Waals surface area contributed by atoms with Gasteiger partial charge in [-0.2, -0.15) is 0 Å². The Kier molecular flexibility index (Phi) is 6.56. The fourth-order valence-electron chi connectivity index (χ4n) is 7.28. The van der Waals surface area contributed by atoms with Crippen molar-refractivity contribution in [1.82, 2.24) is 19.4 Å². The Morgan fingerprint density at radius 1 is 0.580 bits per heavy atom. The SMILES string of the molecule is C1=CC2=CC(c3ccc4c(c3)c(-c3ccc(-c5nc(-c6ccccc6)nc(-c6ccccc6)n5)cc3)c3oc5ccccc5n34)=CCC2C=C1. The van der Waals surface area contributed by atoms with Crippen LogP contribution in [-0.2, 0) is 0 Å². The average Bonchev–Trinajstić information content (AvgIpc) is 3.72. The molecule has 0 radical (unpaired) electrons. The monoisotopic (exact) mass is 642 g/mol. The van der Waals surface area contributed by atoms with Crippen LogP contribution in [0.5, 0.6) is 0 Å². The summed E-state index contributed by atoms with van der Waals surface area (Å²) in [6.45, 7) is 0. The van der Waals surface area contributed by atoms with E-state index in [1.54, 1.807) is 0 Å². The van der Waals surface area contributed by atoms with Gasteiger partial charge in [-0.15, -0.1) is 0 Å². The van der Waals surface area contributed by atoms with Gasteiger partial charge in [0.2, 0.25) is 5.71 Å². The Bertz CT molecular complexity index is 2650. The molecule has 3 aromatic heterocycles. The summed E-state index contributed by atoms with van der Waals surface area (Å²) in [7, 11) is 0. The van der Waals surface area contributed by atoms with Gasteiger partial charge in [0.15, 0.2) is 23.1 Å². The third kappa shape index (κ3) is 4.74. The van der Waals surface area contributed by atoms with Gasteiger partial charge in [0.1, 0.15) is 0 Å². The molecule has 0 fully saturated rings. The number of benzene rings is 5. The van der Waals surface area contributed by atoms with Crippen LogP contribution in [0.3, 0.4) is 0 Å². The number of fused-ring (bicyclic) bond motifs is 6. The second kappa shape index (κ2) is 11.5. The number of allylic oxidation sites excluding steroid dienone is 8. The maximum atomic E-state index is 6.61. The van der Waals surface area contributed by atoms with Crippen molar-refractivity contribution >= 4 is 33.3 Å². The standard InChI is InChI=1S/C45H30N4O/c1-3-12-31(13-4-1)42-46-43(32-14-5-2-6-15-32)48-44(47-42)33-22-20-30(21-23-33)41-37-28-36(35-24-19-29-11-7-8-16-34(29)27-35)25-26-38(37)49-39-17-9-10-18-40(39)50-45(41)49/h1-18,20-29H,19H2. The lowest BCUT2D eigenvalue weighted by Gasteiger charge is -2.21. The van der Waals surface area contributed by atoms with Gasteiger partial charge in [-0.25, -0.2) is 15.0 Å². The topological polar surface area (TPSA) is 56.2 Å². The van der Waals surface area contributed by atoms with Crippen LogP contribution in [0.2, 0.25) is 0 Å². The second-order valence-electron chi connectivity index (χ2n) is 12.8. The van der Waals surface area contributed by atoms with Gasteiger partial charge < -0.3 is 4.42 Å². The molecule has 0 amide bonds. The van der Waals surface area contributed by atoms with Crippen molar-refractivity contribution in [2.24, 2.45) is 5.92 Å². The minimum Gasteiger partial charge on any atom is -0.438 e. The summed E-state index contributed by atoms with van der Waals surface area (Å²) in [5, 5.41) is 1.15. The van der Waals surface area contributed by atoms with E-state index in [-0.39, 0.29) is 0 Å². The van der Waals surface area contributed by atoms with Crippen molar-refractivity contribution < 1.29 is 4.42 Å². The zero-order chi connectivity index (χ0) is 33.0. The zero-order valence-corrected chi connectivity index (χ0v) is 27.1. The summed E-state index contributed by atoms with van der Waals surface area (Å²) in [5.41, 5.74) is 12.6. The Morgan fingerprint density at radius 3 is 1.92 bits per heavy atom. The Balaban J connectivity index is 1.12. The van der Waals surface area contributed by atoms with Gasteiger partial charge in [0.05, 0.1) is 16.6 Å². The maximum Gasteiger partial charge on any atom is 0.213 e. The number of nitrogens with zero attached hydrogens (tertiary/aromatic N) is 4. The van der Waals surface area contributed by atoms with E-state index in [1.165, 1.54) is 16.7 Å². The van der Waals surface area contributed by atoms with Crippen LogP contribution in [0.15, 0.2) is 174 Å². The molecule has 1 atom stereocenters. The van der Waals surface area contributed by atoms with Crippen LogP contribution in [0, 0.1) is 5.92 Å². The molecular weight excluding hydrogens is 613 g/mol. The predicted octanol–water partition coefficient (Wildman–Crippen LogP) is 11.1. The summed E-state index contributed by atoms with van der Waals surface area (Å²) < 4.78 is 8.86. The van der Waals surface area contributed by atoms with Crippen molar-refractivity contribution in [1.29, 1.82) is 0 Å². The molecule has 0 spiro atoms. The van der Waals surface area contributed by atoms with Crippen LogP contribution in [0.4, 0.5) is 0 Å². The van der Waals surface area contributed by atoms with Gasteiger partial charge in [-0.05, 0) is 53.0 Å². The van der Waals surface area contributed by atoms with E-state index in [9.17, 15) is 0 Å². The normalized spacial score (nSPS) is 15.4. The smallest absolute Gasteiger partial charge is 0.213 e. The highest BCUT2D eigenvalue weighted by Crippen LogP contribution is 2.42. The molecule has 50 heavy (non-hydrogen) atoms. The van der Waals surface area contributed by atoms with Gasteiger partial charge >= 0.3 is 0 Å². The number of para-hydroxylation sites is 2. The predicted molar refractivity (Wildman–Crippen MR) is 202 cm³/mol. The number of hydrogen-bond donors (Lipinski definition) is 0. The van der Waals surface area contributed by atoms with E-state index >= 15 is 0 Å². The van der Waals surface area contributed by atoms with Crippen LogP contribution in [-0.4, -0.2) is 19.4 Å². The highest BCUT2D eigenvalue weighted by atomic mass is 16.3. The largest absolute Gasteiger partial charge is 0.438 e. The lowest BCUT2D eigenvalue weighted by molar-refractivity contribution is 0.658. The van der Waals surface area contributed by atoms with Crippen LogP contribution in [0.1, 0.15) is 12.0 Å². The Labute approximate surface area is 288 Å². The first-order valence-corrected chi connectivity index (χ1v) is 17.0. The van der Waals surface area contributed by atoms with Crippen LogP contribution >= 0.6 is 0 Å². The minimum absolute atomic E-state index is 0.460. The third-order valence-electron chi connectivity index (χ3n) is 9.79. The fourth-order valence-corrected chi connectivity index (χ4v) is 7.28. The molecule has 236 valence electrons. The summed E-state index contributed by atoms with van der Waals surface area (Å²) in [5.74, 6) is 2.38. The molecule has 2 aliphatic rings. The molecule has 1 unspecified atom stereocenters. The summed E-state index contributed by atoms with van der Waals surface area (Å²) in [6, 6.07) is 43.7. The quantitative estimate of drug-likeness (QED) is 0.187. The van der Waals surface area contributed by atoms with Crippen LogP contribution in [0.25, 0.3) is 78.6 Å². The van der Waals surface area contributed by atoms with Crippen molar-refractivity contribution in [3.05, 3.63) is 175 Å². The lowest BCUT2D eigenvalue weighted by Crippen LogP contribution is -2.05. The number of oxazole rings is 1. The number of rotatable bonds is 5. The van der Waals surface area contributed by atoms with E-state index in [1.807, 2.05) is 72.8 Å². The van der Waals surface area contributed by atoms with E-state index < -0.39 is 0 Å². The molecule has 0 saturated carbocycles. The highest BCUT2D eigenvalue weighted by molar-refractivity contribution is 6.08. The molecule has 8 aromatic rings. The molecule has 0 saturated heterocycles. The molecule has 5 aromatic carbocycles. The molecule has 5 nitrogen and oxygen atoms in total. The first kappa shape index (κ1) is 28.4. The van der Waals surface area contributed by atoms with Crippen molar-refractivity contribution in [3.63, 3.8) is 0 Å². The molecular formula is C45H30N4O. The van der Waals surface area contributed by atoms with E-state index in [4.69, 9.17) is 19.4 Å². The van der Waals surface area contributed by atoms with E-state index in [2.05, 4.69) is 95.5 Å². The summed E-state index contributed by atoms with van der Waals surface area (Å²) in [4.78, 5) is 14.8. The van der Waals surface area contributed by atoms with Gasteiger partial charge in [-0.3, -0.25) is 4.40 Å². The molecule has 10 rings (SSSR count). The van der Waals surface area contributed by atoms with Gasteiger partial charge in [0, 0.05) is 28.0 Å². The first-order valence-electron chi connectivity index (χ1n) is 17.0. The summed E-state index contributed by atoms with van der Waals surface area (Å²) >= 11 is 0. The Hall–Kier alpha value is -6.59. The van der Waals surface area contributed by atoms with Gasteiger partial charge in [-0.1, -0.05) is 140 Å². The van der Waals surface area contributed by atoms with Crippen molar-refractivity contribution in [2.75, 3.05) is 0 Å². The van der Waals surface area contributed by atoms with Crippen molar-refractivity contribution in [2.45, 2.75) is 6.42 Å². The van der Waals surface area contributed by atoms with Crippen molar-refractivity contribution in [3.8, 4) is 45.3 Å². The van der Waals surface area contributed by atoms with E-state index in [0.717, 1.165) is 62.0 Å². The fraction of sp³-hybridized carbons (Fsp3) is 0.0444. The molecule has 0 aliphatic heterocycles. The summed E-state index contributed by atoms with van der Waals surface area (Å²) in [6.07, 6.45) is 14.5. The average molecular weight is 643 g/mol. The van der Waals surface area contributed by atoms with E-state index in [0.29, 0.717) is 23.4 Å². The molecule has 0 bridgehead atoms. The second-order valence-corrected chi connectivity index (χ2v) is 12.8. The Morgan fingerprint density at radius 2 is 1.20 bits per heavy atom. The highest BCUT2D eigenvalue weighted by Gasteiger charge is 2.22.